The van der Waals surface area contributed by atoms with Crippen LogP contribution in [0.15, 0.2) is 24.3 Å². The molecule has 0 spiro atoms. The van der Waals surface area contributed by atoms with Gasteiger partial charge in [-0.3, -0.25) is 10.1 Å². The number of nitro groups is 1. The number of non-ortho nitro benzene ring substituents is 1. The largest absolute Gasteiger partial charge is 0.394 e. The Labute approximate surface area is 125 Å². The van der Waals surface area contributed by atoms with Crippen LogP contribution in [0, 0.1) is 16.0 Å². The first-order valence-electron chi connectivity index (χ1n) is 7.64. The number of nitro benzene ring substituents is 1. The summed E-state index contributed by atoms with van der Waals surface area (Å²) in [7, 11) is 0. The molecule has 116 valence electrons. The predicted molar refractivity (Wildman–Crippen MR) is 82.3 cm³/mol. The summed E-state index contributed by atoms with van der Waals surface area (Å²) in [5.74, 6) is 0.651. The lowest BCUT2D eigenvalue weighted by Crippen LogP contribution is -2.52. The average Bonchev–Trinajstić information content (AvgIpc) is 2.48. The van der Waals surface area contributed by atoms with E-state index in [9.17, 15) is 15.2 Å². The number of benzene rings is 1. The lowest BCUT2D eigenvalue weighted by molar-refractivity contribution is -0.384. The van der Waals surface area contributed by atoms with E-state index in [0.717, 1.165) is 37.8 Å². The fraction of sp³-hybridized carbons (Fsp3) is 0.625. The summed E-state index contributed by atoms with van der Waals surface area (Å²) in [5, 5.41) is 23.8. The van der Waals surface area contributed by atoms with Crippen molar-refractivity contribution in [3.05, 3.63) is 39.9 Å². The molecule has 5 heteroatoms. The van der Waals surface area contributed by atoms with Crippen LogP contribution in [0.5, 0.6) is 0 Å². The molecule has 2 unspecified atom stereocenters. The lowest BCUT2D eigenvalue weighted by atomic mass is 9.77. The Morgan fingerprint density at radius 1 is 1.43 bits per heavy atom. The molecule has 1 aliphatic carbocycles. The summed E-state index contributed by atoms with van der Waals surface area (Å²) < 4.78 is 0. The number of aliphatic hydroxyl groups excluding tert-OH is 1. The summed E-state index contributed by atoms with van der Waals surface area (Å²) in [6, 6.07) is 6.68. The molecule has 0 saturated heterocycles. The van der Waals surface area contributed by atoms with Gasteiger partial charge < -0.3 is 10.4 Å². The molecule has 1 saturated carbocycles. The van der Waals surface area contributed by atoms with Crippen molar-refractivity contribution in [3.63, 3.8) is 0 Å². The van der Waals surface area contributed by atoms with Gasteiger partial charge in [0.2, 0.25) is 0 Å². The first-order chi connectivity index (χ1) is 10.0. The maximum Gasteiger partial charge on any atom is 0.269 e. The van der Waals surface area contributed by atoms with Crippen LogP contribution < -0.4 is 5.32 Å². The maximum absolute atomic E-state index is 10.6. The second-order valence-corrected chi connectivity index (χ2v) is 6.24. The van der Waals surface area contributed by atoms with Crippen LogP contribution in [0.25, 0.3) is 0 Å². The lowest BCUT2D eigenvalue weighted by Gasteiger charge is -2.39. The van der Waals surface area contributed by atoms with Crippen LogP contribution in [0.3, 0.4) is 0 Å². The molecule has 1 aromatic rings. The minimum atomic E-state index is -0.383. The Morgan fingerprint density at radius 3 is 2.71 bits per heavy atom. The predicted octanol–water partition coefficient (Wildman–Crippen LogP) is 2.67. The van der Waals surface area contributed by atoms with Crippen molar-refractivity contribution in [2.75, 3.05) is 13.2 Å². The van der Waals surface area contributed by atoms with Gasteiger partial charge in [0.1, 0.15) is 0 Å². The van der Waals surface area contributed by atoms with Crippen molar-refractivity contribution >= 4 is 5.69 Å². The monoisotopic (exact) mass is 292 g/mol. The third-order valence-corrected chi connectivity index (χ3v) is 4.45. The summed E-state index contributed by atoms with van der Waals surface area (Å²) in [5.41, 5.74) is 1.06. The number of hydrogen-bond acceptors (Lipinski definition) is 4. The van der Waals surface area contributed by atoms with Crippen molar-refractivity contribution in [1.82, 2.24) is 5.32 Å². The van der Waals surface area contributed by atoms with Crippen LogP contribution in [0.1, 0.15) is 38.2 Å². The molecule has 2 N–H and O–H groups in total. The van der Waals surface area contributed by atoms with Crippen molar-refractivity contribution in [3.8, 4) is 0 Å². The third-order valence-electron chi connectivity index (χ3n) is 4.45. The van der Waals surface area contributed by atoms with Crippen LogP contribution in [0.2, 0.25) is 0 Å². The Balaban J connectivity index is 1.86. The van der Waals surface area contributed by atoms with Gasteiger partial charge in [-0.25, -0.2) is 0 Å². The fourth-order valence-corrected chi connectivity index (χ4v) is 3.28. The Kier molecular flexibility index (Phi) is 5.31. The minimum Gasteiger partial charge on any atom is -0.394 e. The maximum atomic E-state index is 10.6. The number of aliphatic hydroxyl groups is 1. The van der Waals surface area contributed by atoms with E-state index in [1.54, 1.807) is 24.3 Å². The number of hydrogen-bond donors (Lipinski definition) is 2. The van der Waals surface area contributed by atoms with Gasteiger partial charge in [0.05, 0.1) is 11.5 Å². The first kappa shape index (κ1) is 15.9. The zero-order valence-electron chi connectivity index (χ0n) is 12.5. The summed E-state index contributed by atoms with van der Waals surface area (Å²) in [6.45, 7) is 3.20. The summed E-state index contributed by atoms with van der Waals surface area (Å²) >= 11 is 0. The van der Waals surface area contributed by atoms with Gasteiger partial charge in [-0.1, -0.05) is 31.9 Å². The highest BCUT2D eigenvalue weighted by molar-refractivity contribution is 5.32. The molecule has 0 bridgehead atoms. The molecule has 21 heavy (non-hydrogen) atoms. The van der Waals surface area contributed by atoms with E-state index in [4.69, 9.17) is 0 Å². The highest BCUT2D eigenvalue weighted by atomic mass is 16.6. The Morgan fingerprint density at radius 2 is 2.14 bits per heavy atom. The van der Waals surface area contributed by atoms with Crippen LogP contribution in [-0.2, 0) is 6.42 Å². The smallest absolute Gasteiger partial charge is 0.269 e. The van der Waals surface area contributed by atoms with E-state index in [1.807, 2.05) is 0 Å². The van der Waals surface area contributed by atoms with Gasteiger partial charge >= 0.3 is 0 Å². The number of rotatable bonds is 6. The molecular weight excluding hydrogens is 268 g/mol. The number of nitrogens with one attached hydrogen (secondary N) is 1. The zero-order valence-corrected chi connectivity index (χ0v) is 12.5. The minimum absolute atomic E-state index is 0.125. The zero-order chi connectivity index (χ0) is 15.3. The van der Waals surface area contributed by atoms with E-state index in [0.29, 0.717) is 5.92 Å². The molecule has 0 heterocycles. The highest BCUT2D eigenvalue weighted by Crippen LogP contribution is 2.31. The molecule has 2 atom stereocenters. The SMILES string of the molecule is CC1CCCC(CO)(NCCc2ccc([N+](=O)[O-])cc2)C1. The van der Waals surface area contributed by atoms with Crippen LogP contribution in [0.4, 0.5) is 5.69 Å². The topological polar surface area (TPSA) is 75.4 Å². The molecular formula is C16H24N2O3. The standard InChI is InChI=1S/C16H24N2O3/c1-13-3-2-9-16(11-13,12-19)17-10-8-14-4-6-15(7-5-14)18(20)21/h4-7,13,17,19H,2-3,8-12H2,1H3. The van der Waals surface area contributed by atoms with E-state index in [2.05, 4.69) is 12.2 Å². The molecule has 0 amide bonds. The molecule has 2 rings (SSSR count). The second-order valence-electron chi connectivity index (χ2n) is 6.24. The Hall–Kier alpha value is -1.46. The highest BCUT2D eigenvalue weighted by Gasteiger charge is 2.33. The van der Waals surface area contributed by atoms with Crippen LogP contribution >= 0.6 is 0 Å². The van der Waals surface area contributed by atoms with Crippen molar-refractivity contribution in [2.24, 2.45) is 5.92 Å². The van der Waals surface area contributed by atoms with Gasteiger partial charge in [0.25, 0.3) is 5.69 Å². The summed E-state index contributed by atoms with van der Waals surface area (Å²) in [4.78, 5) is 10.2. The molecule has 0 aliphatic heterocycles. The fourth-order valence-electron chi connectivity index (χ4n) is 3.28. The van der Waals surface area contributed by atoms with Crippen molar-refractivity contribution < 1.29 is 10.0 Å². The summed E-state index contributed by atoms with van der Waals surface area (Å²) in [6.07, 6.45) is 5.25. The van der Waals surface area contributed by atoms with E-state index in [-0.39, 0.29) is 22.8 Å². The van der Waals surface area contributed by atoms with Gasteiger partial charge in [-0.2, -0.15) is 0 Å². The normalized spacial score (nSPS) is 25.7. The van der Waals surface area contributed by atoms with Gasteiger partial charge in [0.15, 0.2) is 0 Å². The van der Waals surface area contributed by atoms with Gasteiger partial charge in [-0.15, -0.1) is 0 Å². The molecule has 0 aromatic heterocycles. The second kappa shape index (κ2) is 7.00. The quantitative estimate of drug-likeness (QED) is 0.624. The van der Waals surface area contributed by atoms with Crippen molar-refractivity contribution in [2.45, 2.75) is 44.6 Å². The van der Waals surface area contributed by atoms with E-state index >= 15 is 0 Å². The molecule has 1 fully saturated rings. The molecule has 5 nitrogen and oxygen atoms in total. The molecule has 1 aromatic carbocycles. The average molecular weight is 292 g/mol. The molecule has 0 radical (unpaired) electrons. The van der Waals surface area contributed by atoms with Gasteiger partial charge in [0, 0.05) is 17.7 Å². The van der Waals surface area contributed by atoms with Crippen LogP contribution in [-0.4, -0.2) is 28.7 Å². The van der Waals surface area contributed by atoms with Crippen molar-refractivity contribution in [1.29, 1.82) is 0 Å². The Bertz CT molecular complexity index is 475. The first-order valence-corrected chi connectivity index (χ1v) is 7.64. The number of nitrogens with zero attached hydrogens (tertiary/aromatic N) is 1. The van der Waals surface area contributed by atoms with E-state index < -0.39 is 0 Å². The van der Waals surface area contributed by atoms with Gasteiger partial charge in [-0.05, 0) is 37.3 Å². The molecule has 1 aliphatic rings. The third kappa shape index (κ3) is 4.25. The van der Waals surface area contributed by atoms with E-state index in [1.165, 1.54) is 6.42 Å².